The first-order valence-electron chi connectivity index (χ1n) is 7.68. The zero-order valence-electron chi connectivity index (χ0n) is 11.7. The van der Waals surface area contributed by atoms with Crippen molar-refractivity contribution in [2.45, 2.75) is 65.4 Å². The Morgan fingerprint density at radius 3 is 2.06 bits per heavy atom. The zero-order chi connectivity index (χ0) is 12.2. The molecule has 0 heterocycles. The summed E-state index contributed by atoms with van der Waals surface area (Å²) in [4.78, 5) is 0. The van der Waals surface area contributed by atoms with Gasteiger partial charge in [-0.2, -0.15) is 0 Å². The van der Waals surface area contributed by atoms with Gasteiger partial charge >= 0.3 is 0 Å². The van der Waals surface area contributed by atoms with Crippen LogP contribution in [0.5, 0.6) is 0 Å². The monoisotopic (exact) mass is 236 g/mol. The van der Waals surface area contributed by atoms with Gasteiger partial charge in [0.05, 0.1) is 6.10 Å². The second-order valence-corrected chi connectivity index (χ2v) is 7.67. The van der Waals surface area contributed by atoms with Crippen LogP contribution in [-0.4, -0.2) is 11.2 Å². The molecule has 0 radical (unpaired) electrons. The zero-order valence-corrected chi connectivity index (χ0v) is 11.7. The lowest BCUT2D eigenvalue weighted by molar-refractivity contribution is 0.0336. The average molecular weight is 236 g/mol. The van der Waals surface area contributed by atoms with Gasteiger partial charge in [-0.25, -0.2) is 0 Å². The van der Waals surface area contributed by atoms with Crippen molar-refractivity contribution in [2.75, 3.05) is 0 Å². The minimum atomic E-state index is 0.0127. The highest BCUT2D eigenvalue weighted by Gasteiger charge is 2.56. The molecule has 0 aromatic heterocycles. The van der Waals surface area contributed by atoms with Crippen molar-refractivity contribution in [2.24, 2.45) is 35.0 Å². The molecule has 3 saturated carbocycles. The van der Waals surface area contributed by atoms with Crippen LogP contribution < -0.4 is 0 Å². The Bertz CT molecular complexity index is 284. The van der Waals surface area contributed by atoms with Crippen LogP contribution >= 0.6 is 0 Å². The van der Waals surface area contributed by atoms with E-state index in [4.69, 9.17) is 0 Å². The number of fused-ring (bicyclic) bond motifs is 2. The molecule has 0 aromatic rings. The molecule has 3 aliphatic rings. The maximum atomic E-state index is 9.64. The molecule has 98 valence electrons. The molecule has 4 atom stereocenters. The summed E-state index contributed by atoms with van der Waals surface area (Å²) in [7, 11) is 0. The maximum absolute atomic E-state index is 9.64. The molecule has 0 aliphatic heterocycles. The molecule has 3 aliphatic carbocycles. The third kappa shape index (κ3) is 1.77. The average Bonchev–Trinajstić information content (AvgIpc) is 2.81. The molecule has 0 amide bonds. The van der Waals surface area contributed by atoms with Gasteiger partial charge in [-0.1, -0.05) is 20.8 Å². The van der Waals surface area contributed by atoms with Gasteiger partial charge in [0.1, 0.15) is 0 Å². The van der Waals surface area contributed by atoms with Crippen LogP contribution in [0.25, 0.3) is 0 Å². The fourth-order valence-electron chi connectivity index (χ4n) is 5.28. The second-order valence-electron chi connectivity index (χ2n) is 7.67. The van der Waals surface area contributed by atoms with Crippen LogP contribution in [0.15, 0.2) is 0 Å². The summed E-state index contributed by atoms with van der Waals surface area (Å²) in [5.41, 5.74) is 0.593. The Morgan fingerprint density at radius 1 is 0.941 bits per heavy atom. The predicted octanol–water partition coefficient (Wildman–Crippen LogP) is 3.86. The molecule has 17 heavy (non-hydrogen) atoms. The highest BCUT2D eigenvalue weighted by atomic mass is 16.3. The highest BCUT2D eigenvalue weighted by molar-refractivity contribution is 5.05. The summed E-state index contributed by atoms with van der Waals surface area (Å²) < 4.78 is 0. The van der Waals surface area contributed by atoms with Gasteiger partial charge < -0.3 is 5.11 Å². The van der Waals surface area contributed by atoms with E-state index in [0.29, 0.717) is 5.41 Å². The van der Waals surface area contributed by atoms with E-state index in [1.165, 1.54) is 25.7 Å². The summed E-state index contributed by atoms with van der Waals surface area (Å²) in [5, 5.41) is 9.64. The first-order valence-corrected chi connectivity index (χ1v) is 7.68. The van der Waals surface area contributed by atoms with Crippen LogP contribution in [0.3, 0.4) is 0 Å². The molecule has 3 fully saturated rings. The largest absolute Gasteiger partial charge is 0.393 e. The van der Waals surface area contributed by atoms with E-state index >= 15 is 0 Å². The third-order valence-electron chi connectivity index (χ3n) is 6.88. The molecule has 1 heteroatoms. The number of hydrogen-bond acceptors (Lipinski definition) is 1. The highest BCUT2D eigenvalue weighted by Crippen LogP contribution is 2.63. The van der Waals surface area contributed by atoms with Crippen molar-refractivity contribution in [3.63, 3.8) is 0 Å². The van der Waals surface area contributed by atoms with E-state index in [2.05, 4.69) is 20.8 Å². The molecular formula is C16H28O. The minimum absolute atomic E-state index is 0.0127. The van der Waals surface area contributed by atoms with Crippen molar-refractivity contribution >= 4 is 0 Å². The summed E-state index contributed by atoms with van der Waals surface area (Å²) >= 11 is 0. The molecule has 2 bridgehead atoms. The number of aliphatic hydroxyl groups excluding tert-OH is 1. The Kier molecular flexibility index (Phi) is 2.81. The number of rotatable bonds is 1. The molecule has 0 spiro atoms. The van der Waals surface area contributed by atoms with E-state index in [1.807, 2.05) is 0 Å². The van der Waals surface area contributed by atoms with E-state index in [1.54, 1.807) is 0 Å². The van der Waals surface area contributed by atoms with Crippen LogP contribution in [-0.2, 0) is 0 Å². The summed E-state index contributed by atoms with van der Waals surface area (Å²) in [6.07, 6.45) is 7.72. The Morgan fingerprint density at radius 2 is 1.53 bits per heavy atom. The van der Waals surface area contributed by atoms with E-state index in [-0.39, 0.29) is 6.10 Å². The van der Waals surface area contributed by atoms with Gasteiger partial charge in [-0.15, -0.1) is 0 Å². The van der Waals surface area contributed by atoms with Crippen LogP contribution in [0.4, 0.5) is 0 Å². The van der Waals surface area contributed by atoms with Gasteiger partial charge in [0.15, 0.2) is 0 Å². The molecule has 1 nitrogen and oxygen atoms in total. The summed E-state index contributed by atoms with van der Waals surface area (Å²) in [5.74, 6) is 4.83. The quantitative estimate of drug-likeness (QED) is 0.733. The van der Waals surface area contributed by atoms with Crippen molar-refractivity contribution < 1.29 is 5.11 Å². The van der Waals surface area contributed by atoms with E-state index in [0.717, 1.165) is 42.4 Å². The minimum Gasteiger partial charge on any atom is -0.393 e. The SMILES string of the molecule is C[C@@H]1[C@@H]2C[C@H](C[C@@H]2C2CCC(O)CC2)C1(C)C. The third-order valence-corrected chi connectivity index (χ3v) is 6.88. The normalized spacial score (nSPS) is 52.9. The van der Waals surface area contributed by atoms with Gasteiger partial charge in [0.25, 0.3) is 0 Å². The topological polar surface area (TPSA) is 20.2 Å². The number of aliphatic hydroxyl groups is 1. The maximum Gasteiger partial charge on any atom is 0.0540 e. The predicted molar refractivity (Wildman–Crippen MR) is 70.6 cm³/mol. The lowest BCUT2D eigenvalue weighted by atomic mass is 9.62. The standard InChI is InChI=1S/C16H28O/c1-10-14-8-12(16(10,2)3)9-15(14)11-4-6-13(17)7-5-11/h10-15,17H,4-9H2,1-3H3/t10-,11?,12-,13?,14+,15-/m1/s1. The molecular weight excluding hydrogens is 208 g/mol. The first kappa shape index (κ1) is 12.0. The second kappa shape index (κ2) is 3.98. The molecule has 0 unspecified atom stereocenters. The Labute approximate surface area is 106 Å². The molecule has 3 rings (SSSR count). The van der Waals surface area contributed by atoms with Crippen molar-refractivity contribution in [3.05, 3.63) is 0 Å². The molecule has 0 saturated heterocycles. The lowest BCUT2D eigenvalue weighted by Crippen LogP contribution is -2.37. The van der Waals surface area contributed by atoms with Crippen molar-refractivity contribution in [1.82, 2.24) is 0 Å². The molecule has 1 N–H and O–H groups in total. The van der Waals surface area contributed by atoms with Crippen LogP contribution in [0.1, 0.15) is 59.3 Å². The van der Waals surface area contributed by atoms with Gasteiger partial charge in [-0.3, -0.25) is 0 Å². The Balaban J connectivity index is 1.68. The van der Waals surface area contributed by atoms with Gasteiger partial charge in [-0.05, 0) is 73.5 Å². The summed E-state index contributed by atoms with van der Waals surface area (Å²) in [6, 6.07) is 0. The van der Waals surface area contributed by atoms with Crippen LogP contribution in [0, 0.1) is 35.0 Å². The van der Waals surface area contributed by atoms with Gasteiger partial charge in [0, 0.05) is 0 Å². The Hall–Kier alpha value is -0.0400. The van der Waals surface area contributed by atoms with Crippen molar-refractivity contribution in [1.29, 1.82) is 0 Å². The van der Waals surface area contributed by atoms with Crippen LogP contribution in [0.2, 0.25) is 0 Å². The fourth-order valence-corrected chi connectivity index (χ4v) is 5.28. The first-order chi connectivity index (χ1) is 8.00. The lowest BCUT2D eigenvalue weighted by Gasteiger charge is -2.44. The van der Waals surface area contributed by atoms with Gasteiger partial charge in [0.2, 0.25) is 0 Å². The summed E-state index contributed by atoms with van der Waals surface area (Å²) in [6.45, 7) is 7.47. The van der Waals surface area contributed by atoms with Crippen molar-refractivity contribution in [3.8, 4) is 0 Å². The van der Waals surface area contributed by atoms with E-state index in [9.17, 15) is 5.11 Å². The fraction of sp³-hybridized carbons (Fsp3) is 1.00. The number of hydrogen-bond donors (Lipinski definition) is 1. The van der Waals surface area contributed by atoms with E-state index < -0.39 is 0 Å². The smallest absolute Gasteiger partial charge is 0.0540 e. The molecule has 0 aromatic carbocycles.